The molecule has 2 amide bonds. The first kappa shape index (κ1) is 14.3. The number of hydrogen-bond acceptors (Lipinski definition) is 2. The van der Waals surface area contributed by atoms with Crippen LogP contribution in [-0.4, -0.2) is 49.1 Å². The second-order valence-electron chi connectivity index (χ2n) is 5.25. The highest BCUT2D eigenvalue weighted by Gasteiger charge is 2.22. The van der Waals surface area contributed by atoms with E-state index < -0.39 is 0 Å². The SMILES string of the molecule is CC1CCCN(C(=O)N(C)CCCCCN)C1. The van der Waals surface area contributed by atoms with Crippen LogP contribution in [0.1, 0.15) is 39.0 Å². The lowest BCUT2D eigenvalue weighted by atomic mass is 10.0. The molecule has 0 bridgehead atoms. The van der Waals surface area contributed by atoms with Crippen molar-refractivity contribution in [2.45, 2.75) is 39.0 Å². The Kier molecular flexibility index (Phi) is 6.34. The molecular formula is C13H27N3O. The van der Waals surface area contributed by atoms with Crippen LogP contribution in [0, 0.1) is 5.92 Å². The van der Waals surface area contributed by atoms with Crippen LogP contribution in [0.4, 0.5) is 4.79 Å². The fourth-order valence-corrected chi connectivity index (χ4v) is 2.37. The number of piperidine rings is 1. The van der Waals surface area contributed by atoms with E-state index in [1.54, 1.807) is 0 Å². The van der Waals surface area contributed by atoms with Gasteiger partial charge in [0.05, 0.1) is 0 Å². The molecule has 1 rings (SSSR count). The van der Waals surface area contributed by atoms with Crippen molar-refractivity contribution >= 4 is 6.03 Å². The van der Waals surface area contributed by atoms with Crippen molar-refractivity contribution in [1.82, 2.24) is 9.80 Å². The summed E-state index contributed by atoms with van der Waals surface area (Å²) < 4.78 is 0. The molecule has 1 aliphatic heterocycles. The fourth-order valence-electron chi connectivity index (χ4n) is 2.37. The summed E-state index contributed by atoms with van der Waals surface area (Å²) in [5, 5.41) is 0. The summed E-state index contributed by atoms with van der Waals surface area (Å²) in [6.45, 7) is 5.67. The maximum atomic E-state index is 12.1. The molecule has 100 valence electrons. The van der Waals surface area contributed by atoms with Crippen molar-refractivity contribution in [1.29, 1.82) is 0 Å². The maximum absolute atomic E-state index is 12.1. The van der Waals surface area contributed by atoms with E-state index >= 15 is 0 Å². The summed E-state index contributed by atoms with van der Waals surface area (Å²) in [4.78, 5) is 16.0. The van der Waals surface area contributed by atoms with E-state index in [1.165, 1.54) is 6.42 Å². The van der Waals surface area contributed by atoms with E-state index in [9.17, 15) is 4.79 Å². The molecule has 0 spiro atoms. The van der Waals surface area contributed by atoms with Gasteiger partial charge in [0.25, 0.3) is 0 Å². The van der Waals surface area contributed by atoms with Crippen LogP contribution in [0.25, 0.3) is 0 Å². The highest BCUT2D eigenvalue weighted by atomic mass is 16.2. The van der Waals surface area contributed by atoms with Crippen molar-refractivity contribution in [3.05, 3.63) is 0 Å². The van der Waals surface area contributed by atoms with E-state index in [1.807, 2.05) is 16.8 Å². The molecule has 0 aromatic heterocycles. The van der Waals surface area contributed by atoms with Gasteiger partial charge in [-0.15, -0.1) is 0 Å². The van der Waals surface area contributed by atoms with Crippen molar-refractivity contribution in [2.75, 3.05) is 33.2 Å². The highest BCUT2D eigenvalue weighted by Crippen LogP contribution is 2.16. The number of carbonyl (C=O) groups is 1. The van der Waals surface area contributed by atoms with Gasteiger partial charge in [-0.2, -0.15) is 0 Å². The summed E-state index contributed by atoms with van der Waals surface area (Å²) in [5.74, 6) is 0.651. The van der Waals surface area contributed by atoms with E-state index in [-0.39, 0.29) is 6.03 Å². The Morgan fingerprint density at radius 3 is 2.82 bits per heavy atom. The molecule has 0 radical (unpaired) electrons. The Balaban J connectivity index is 2.25. The second-order valence-corrected chi connectivity index (χ2v) is 5.25. The van der Waals surface area contributed by atoms with Gasteiger partial charge in [0.2, 0.25) is 0 Å². The minimum Gasteiger partial charge on any atom is -0.330 e. The monoisotopic (exact) mass is 241 g/mol. The van der Waals surface area contributed by atoms with Gasteiger partial charge in [0, 0.05) is 26.7 Å². The number of urea groups is 1. The molecule has 0 aliphatic carbocycles. The molecule has 1 heterocycles. The van der Waals surface area contributed by atoms with Gasteiger partial charge >= 0.3 is 6.03 Å². The van der Waals surface area contributed by atoms with Crippen LogP contribution < -0.4 is 5.73 Å². The Morgan fingerprint density at radius 2 is 2.18 bits per heavy atom. The summed E-state index contributed by atoms with van der Waals surface area (Å²) in [6.07, 6.45) is 5.63. The zero-order valence-electron chi connectivity index (χ0n) is 11.3. The number of nitrogens with two attached hydrogens (primary N) is 1. The molecule has 17 heavy (non-hydrogen) atoms. The summed E-state index contributed by atoms with van der Waals surface area (Å²) in [5.41, 5.74) is 5.45. The fraction of sp³-hybridized carbons (Fsp3) is 0.923. The smallest absolute Gasteiger partial charge is 0.319 e. The molecule has 4 nitrogen and oxygen atoms in total. The molecule has 1 atom stereocenters. The molecule has 0 aromatic rings. The average Bonchev–Trinajstić information content (AvgIpc) is 2.33. The first-order valence-corrected chi connectivity index (χ1v) is 6.85. The lowest BCUT2D eigenvalue weighted by Gasteiger charge is -2.34. The zero-order valence-corrected chi connectivity index (χ0v) is 11.3. The van der Waals surface area contributed by atoms with Gasteiger partial charge in [0.15, 0.2) is 0 Å². The molecule has 0 aromatic carbocycles. The maximum Gasteiger partial charge on any atom is 0.319 e. The second kappa shape index (κ2) is 7.54. The van der Waals surface area contributed by atoms with Crippen molar-refractivity contribution in [2.24, 2.45) is 11.7 Å². The Labute approximate surface area is 105 Å². The first-order chi connectivity index (χ1) is 8.15. The standard InChI is InChI=1S/C13H27N3O/c1-12-7-6-10-16(11-12)13(17)15(2)9-5-3-4-8-14/h12H,3-11,14H2,1-2H3. The van der Waals surface area contributed by atoms with Crippen molar-refractivity contribution in [3.63, 3.8) is 0 Å². The third kappa shape index (κ3) is 4.94. The summed E-state index contributed by atoms with van der Waals surface area (Å²) in [7, 11) is 1.91. The molecule has 2 N–H and O–H groups in total. The van der Waals surface area contributed by atoms with Crippen molar-refractivity contribution in [3.8, 4) is 0 Å². The molecule has 1 aliphatic rings. The molecule has 1 fully saturated rings. The Bertz CT molecular complexity index is 233. The summed E-state index contributed by atoms with van der Waals surface area (Å²) >= 11 is 0. The first-order valence-electron chi connectivity index (χ1n) is 6.85. The lowest BCUT2D eigenvalue weighted by molar-refractivity contribution is 0.139. The minimum atomic E-state index is 0.198. The molecule has 0 saturated carbocycles. The topological polar surface area (TPSA) is 49.6 Å². The van der Waals surface area contributed by atoms with Crippen LogP contribution in [0.5, 0.6) is 0 Å². The number of likely N-dealkylation sites (tertiary alicyclic amines) is 1. The molecule has 1 saturated heterocycles. The van der Waals surface area contributed by atoms with Crippen LogP contribution in [0.2, 0.25) is 0 Å². The van der Waals surface area contributed by atoms with Gasteiger partial charge in [-0.3, -0.25) is 0 Å². The lowest BCUT2D eigenvalue weighted by Crippen LogP contribution is -2.46. The number of carbonyl (C=O) groups excluding carboxylic acids is 1. The van der Waals surface area contributed by atoms with E-state index in [4.69, 9.17) is 5.73 Å². The van der Waals surface area contributed by atoms with Crippen molar-refractivity contribution < 1.29 is 4.79 Å². The third-order valence-electron chi connectivity index (χ3n) is 3.45. The average molecular weight is 241 g/mol. The van der Waals surface area contributed by atoms with E-state index in [0.717, 1.165) is 51.9 Å². The number of unbranched alkanes of at least 4 members (excludes halogenated alkanes) is 2. The number of amides is 2. The van der Waals surface area contributed by atoms with Gasteiger partial charge in [-0.1, -0.05) is 13.3 Å². The van der Waals surface area contributed by atoms with Crippen LogP contribution in [0.3, 0.4) is 0 Å². The largest absolute Gasteiger partial charge is 0.330 e. The van der Waals surface area contributed by atoms with Crippen LogP contribution in [-0.2, 0) is 0 Å². The minimum absolute atomic E-state index is 0.198. The summed E-state index contributed by atoms with van der Waals surface area (Å²) in [6, 6.07) is 0.198. The number of rotatable bonds is 5. The predicted octanol–water partition coefficient (Wildman–Crippen LogP) is 1.90. The third-order valence-corrected chi connectivity index (χ3v) is 3.45. The molecule has 1 unspecified atom stereocenters. The predicted molar refractivity (Wildman–Crippen MR) is 70.9 cm³/mol. The van der Waals surface area contributed by atoms with E-state index in [2.05, 4.69) is 6.92 Å². The molecular weight excluding hydrogens is 214 g/mol. The molecule has 4 heteroatoms. The van der Waals surface area contributed by atoms with E-state index in [0.29, 0.717) is 5.92 Å². The Morgan fingerprint density at radius 1 is 1.41 bits per heavy atom. The Hall–Kier alpha value is -0.770. The number of nitrogens with zero attached hydrogens (tertiary/aromatic N) is 2. The normalized spacial score (nSPS) is 20.4. The van der Waals surface area contributed by atoms with Gasteiger partial charge in [-0.25, -0.2) is 4.79 Å². The van der Waals surface area contributed by atoms with Gasteiger partial charge in [0.1, 0.15) is 0 Å². The van der Waals surface area contributed by atoms with Crippen LogP contribution in [0.15, 0.2) is 0 Å². The van der Waals surface area contributed by atoms with Gasteiger partial charge in [-0.05, 0) is 38.1 Å². The quantitative estimate of drug-likeness (QED) is 0.747. The van der Waals surface area contributed by atoms with Crippen LogP contribution >= 0.6 is 0 Å². The van der Waals surface area contributed by atoms with Gasteiger partial charge < -0.3 is 15.5 Å². The zero-order chi connectivity index (χ0) is 12.7. The number of hydrogen-bond donors (Lipinski definition) is 1. The highest BCUT2D eigenvalue weighted by molar-refractivity contribution is 5.74.